The number of esters is 1. The van der Waals surface area contributed by atoms with Gasteiger partial charge in [-0.25, -0.2) is 9.18 Å². The van der Waals surface area contributed by atoms with Gasteiger partial charge in [-0.05, 0) is 23.9 Å². The minimum atomic E-state index is -0.409. The SMILES string of the molecule is COC(=O)c1sc2c(F)cccc2c1C. The quantitative estimate of drug-likeness (QED) is 0.695. The minimum absolute atomic E-state index is 0.296. The first-order valence-corrected chi connectivity index (χ1v) is 5.22. The van der Waals surface area contributed by atoms with Crippen molar-refractivity contribution in [1.82, 2.24) is 0 Å². The van der Waals surface area contributed by atoms with Crippen LogP contribution in [0.2, 0.25) is 0 Å². The monoisotopic (exact) mass is 224 g/mol. The number of methoxy groups -OCH3 is 1. The highest BCUT2D eigenvalue weighted by Gasteiger charge is 2.17. The predicted octanol–water partition coefficient (Wildman–Crippen LogP) is 3.14. The third-order valence-corrected chi connectivity index (χ3v) is 3.58. The molecule has 0 unspecified atom stereocenters. The third-order valence-electron chi connectivity index (χ3n) is 2.29. The average molecular weight is 224 g/mol. The Morgan fingerprint density at radius 2 is 2.20 bits per heavy atom. The molecule has 0 saturated heterocycles. The lowest BCUT2D eigenvalue weighted by atomic mass is 10.1. The Labute approximate surface area is 90.3 Å². The Hall–Kier alpha value is -1.42. The van der Waals surface area contributed by atoms with Crippen molar-refractivity contribution >= 4 is 27.4 Å². The van der Waals surface area contributed by atoms with Gasteiger partial charge in [0.25, 0.3) is 0 Å². The number of halogens is 1. The maximum atomic E-state index is 13.4. The molecule has 78 valence electrons. The molecule has 0 saturated carbocycles. The number of carbonyl (C=O) groups excluding carboxylic acids is 1. The van der Waals surface area contributed by atoms with Gasteiger partial charge < -0.3 is 4.74 Å². The molecule has 0 amide bonds. The van der Waals surface area contributed by atoms with E-state index in [1.54, 1.807) is 19.1 Å². The molecular weight excluding hydrogens is 215 g/mol. The van der Waals surface area contributed by atoms with Gasteiger partial charge in [0, 0.05) is 0 Å². The summed E-state index contributed by atoms with van der Waals surface area (Å²) in [5.74, 6) is -0.705. The molecule has 15 heavy (non-hydrogen) atoms. The van der Waals surface area contributed by atoms with Crippen molar-refractivity contribution in [3.05, 3.63) is 34.5 Å². The third kappa shape index (κ3) is 1.51. The Bertz CT molecular complexity index is 531. The van der Waals surface area contributed by atoms with Gasteiger partial charge in [-0.3, -0.25) is 0 Å². The van der Waals surface area contributed by atoms with Gasteiger partial charge in [0.05, 0.1) is 11.8 Å². The van der Waals surface area contributed by atoms with E-state index < -0.39 is 5.97 Å². The van der Waals surface area contributed by atoms with E-state index in [-0.39, 0.29) is 5.82 Å². The summed E-state index contributed by atoms with van der Waals surface area (Å²) in [5.41, 5.74) is 0.779. The molecule has 4 heteroatoms. The molecule has 0 spiro atoms. The summed E-state index contributed by atoms with van der Waals surface area (Å²) < 4.78 is 18.6. The van der Waals surface area contributed by atoms with Crippen molar-refractivity contribution in [2.45, 2.75) is 6.92 Å². The van der Waals surface area contributed by atoms with E-state index in [2.05, 4.69) is 4.74 Å². The van der Waals surface area contributed by atoms with E-state index in [0.717, 1.165) is 22.3 Å². The van der Waals surface area contributed by atoms with Crippen LogP contribution in [0.3, 0.4) is 0 Å². The first-order valence-electron chi connectivity index (χ1n) is 4.41. The van der Waals surface area contributed by atoms with Crippen molar-refractivity contribution in [2.75, 3.05) is 7.11 Å². The van der Waals surface area contributed by atoms with Crippen LogP contribution in [0.25, 0.3) is 10.1 Å². The molecule has 0 N–H and O–H groups in total. The van der Waals surface area contributed by atoms with E-state index in [4.69, 9.17) is 0 Å². The number of carbonyl (C=O) groups is 1. The number of hydrogen-bond donors (Lipinski definition) is 0. The lowest BCUT2D eigenvalue weighted by Gasteiger charge is -1.95. The first-order chi connectivity index (χ1) is 7.15. The standard InChI is InChI=1S/C11H9FO2S/c1-6-7-4-3-5-8(12)10(7)15-9(6)11(13)14-2/h3-5H,1-2H3. The predicted molar refractivity (Wildman–Crippen MR) is 57.9 cm³/mol. The maximum Gasteiger partial charge on any atom is 0.348 e. The van der Waals surface area contributed by atoms with Crippen LogP contribution in [0.4, 0.5) is 4.39 Å². The van der Waals surface area contributed by atoms with Crippen molar-refractivity contribution < 1.29 is 13.9 Å². The molecular formula is C11H9FO2S. The van der Waals surface area contributed by atoms with Gasteiger partial charge >= 0.3 is 5.97 Å². The van der Waals surface area contributed by atoms with Crippen LogP contribution in [-0.2, 0) is 4.74 Å². The molecule has 1 aromatic carbocycles. The van der Waals surface area contributed by atoms with Crippen LogP contribution < -0.4 is 0 Å². The summed E-state index contributed by atoms with van der Waals surface area (Å²) >= 11 is 1.13. The molecule has 0 aliphatic heterocycles. The first kappa shape index (κ1) is 10.1. The normalized spacial score (nSPS) is 10.6. The molecule has 0 aliphatic rings. The minimum Gasteiger partial charge on any atom is -0.465 e. The highest BCUT2D eigenvalue weighted by Crippen LogP contribution is 2.32. The second-order valence-corrected chi connectivity index (χ2v) is 4.18. The van der Waals surface area contributed by atoms with Crippen LogP contribution in [0.1, 0.15) is 15.2 Å². The number of ether oxygens (including phenoxy) is 1. The fourth-order valence-corrected chi connectivity index (χ4v) is 2.63. The smallest absolute Gasteiger partial charge is 0.348 e. The number of benzene rings is 1. The molecule has 0 radical (unpaired) electrons. The highest BCUT2D eigenvalue weighted by atomic mass is 32.1. The molecule has 0 atom stereocenters. The van der Waals surface area contributed by atoms with Crippen LogP contribution in [-0.4, -0.2) is 13.1 Å². The number of aryl methyl sites for hydroxylation is 1. The van der Waals surface area contributed by atoms with E-state index in [9.17, 15) is 9.18 Å². The van der Waals surface area contributed by atoms with Crippen molar-refractivity contribution in [1.29, 1.82) is 0 Å². The molecule has 2 rings (SSSR count). The lowest BCUT2D eigenvalue weighted by molar-refractivity contribution is 0.0605. The second kappa shape index (κ2) is 3.62. The van der Waals surface area contributed by atoms with Crippen LogP contribution >= 0.6 is 11.3 Å². The lowest BCUT2D eigenvalue weighted by Crippen LogP contribution is -1.99. The fourth-order valence-electron chi connectivity index (χ4n) is 1.50. The van der Waals surface area contributed by atoms with Gasteiger partial charge in [0.15, 0.2) is 0 Å². The van der Waals surface area contributed by atoms with Crippen molar-refractivity contribution in [2.24, 2.45) is 0 Å². The topological polar surface area (TPSA) is 26.3 Å². The highest BCUT2D eigenvalue weighted by molar-refractivity contribution is 7.21. The summed E-state index contributed by atoms with van der Waals surface area (Å²) in [6, 6.07) is 4.83. The molecule has 2 nitrogen and oxygen atoms in total. The summed E-state index contributed by atoms with van der Waals surface area (Å²) in [6.07, 6.45) is 0. The Balaban J connectivity index is 2.75. The van der Waals surface area contributed by atoms with E-state index in [1.807, 2.05) is 0 Å². The number of hydrogen-bond acceptors (Lipinski definition) is 3. The molecule has 0 fully saturated rings. The zero-order valence-electron chi connectivity index (χ0n) is 8.33. The zero-order valence-corrected chi connectivity index (χ0v) is 9.15. The van der Waals surface area contributed by atoms with Crippen LogP contribution in [0, 0.1) is 12.7 Å². The maximum absolute atomic E-state index is 13.4. The van der Waals surface area contributed by atoms with Gasteiger partial charge in [-0.1, -0.05) is 12.1 Å². The molecule has 1 aromatic heterocycles. The Morgan fingerprint density at radius 1 is 1.47 bits per heavy atom. The van der Waals surface area contributed by atoms with Gasteiger partial charge in [-0.15, -0.1) is 11.3 Å². The van der Waals surface area contributed by atoms with Crippen molar-refractivity contribution in [3.63, 3.8) is 0 Å². The Morgan fingerprint density at radius 3 is 2.80 bits per heavy atom. The van der Waals surface area contributed by atoms with Gasteiger partial charge in [0.1, 0.15) is 10.7 Å². The van der Waals surface area contributed by atoms with E-state index in [1.165, 1.54) is 13.2 Å². The molecule has 1 heterocycles. The van der Waals surface area contributed by atoms with E-state index in [0.29, 0.717) is 9.58 Å². The number of fused-ring (bicyclic) bond motifs is 1. The zero-order chi connectivity index (χ0) is 11.0. The molecule has 0 aliphatic carbocycles. The van der Waals surface area contributed by atoms with Crippen LogP contribution in [0.15, 0.2) is 18.2 Å². The average Bonchev–Trinajstić information content (AvgIpc) is 2.57. The summed E-state index contributed by atoms with van der Waals surface area (Å²) in [6.45, 7) is 1.80. The van der Waals surface area contributed by atoms with Gasteiger partial charge in [-0.2, -0.15) is 0 Å². The molecule has 0 bridgehead atoms. The summed E-state index contributed by atoms with van der Waals surface area (Å²) in [7, 11) is 1.32. The summed E-state index contributed by atoms with van der Waals surface area (Å²) in [4.78, 5) is 11.9. The van der Waals surface area contributed by atoms with Crippen LogP contribution in [0.5, 0.6) is 0 Å². The fraction of sp³-hybridized carbons (Fsp3) is 0.182. The molecule has 2 aromatic rings. The Kier molecular flexibility index (Phi) is 2.44. The summed E-state index contributed by atoms with van der Waals surface area (Å²) in [5, 5.41) is 0.778. The second-order valence-electron chi connectivity index (χ2n) is 3.16. The van der Waals surface area contributed by atoms with E-state index >= 15 is 0 Å². The van der Waals surface area contributed by atoms with Crippen molar-refractivity contribution in [3.8, 4) is 0 Å². The van der Waals surface area contributed by atoms with Gasteiger partial charge in [0.2, 0.25) is 0 Å². The number of thiophene rings is 1. The largest absolute Gasteiger partial charge is 0.465 e. The number of rotatable bonds is 1.